The second kappa shape index (κ2) is 14.4. The monoisotopic (exact) mass is 818 g/mol. The molecule has 2 heteroatoms. The normalized spacial score (nSPS) is 13.9. The Bertz CT molecular complexity index is 3490. The van der Waals surface area contributed by atoms with Crippen molar-refractivity contribution in [1.29, 1.82) is 0 Å². The lowest BCUT2D eigenvalue weighted by molar-refractivity contribution is 0.661. The van der Waals surface area contributed by atoms with Crippen LogP contribution in [0.3, 0.4) is 0 Å². The van der Waals surface area contributed by atoms with E-state index in [2.05, 4.69) is 228 Å². The molecule has 9 aromatic carbocycles. The van der Waals surface area contributed by atoms with E-state index in [1.54, 1.807) is 0 Å². The minimum atomic E-state index is -0.173. The number of hydrogen-bond acceptors (Lipinski definition) is 2. The van der Waals surface area contributed by atoms with E-state index >= 15 is 0 Å². The fraction of sp³-hybridized carbons (Fsp3) is 0.0968. The van der Waals surface area contributed by atoms with E-state index in [4.69, 9.17) is 9.97 Å². The maximum atomic E-state index is 5.40. The van der Waals surface area contributed by atoms with Crippen LogP contribution >= 0.6 is 0 Å². The third kappa shape index (κ3) is 5.93. The molecule has 0 unspecified atom stereocenters. The fourth-order valence-corrected chi connectivity index (χ4v) is 10.8. The molecule has 64 heavy (non-hydrogen) atoms. The smallest absolute Gasteiger partial charge is 0.160 e. The van der Waals surface area contributed by atoms with Crippen molar-refractivity contribution in [2.45, 2.75) is 38.5 Å². The summed E-state index contributed by atoms with van der Waals surface area (Å²) in [5, 5.41) is 2.53. The van der Waals surface area contributed by atoms with Gasteiger partial charge in [-0.15, -0.1) is 0 Å². The summed E-state index contributed by atoms with van der Waals surface area (Å²) in [6.45, 7) is 9.47. The number of hydrogen-bond donors (Lipinski definition) is 0. The van der Waals surface area contributed by atoms with Gasteiger partial charge in [0.2, 0.25) is 0 Å². The average molecular weight is 819 g/mol. The van der Waals surface area contributed by atoms with Gasteiger partial charge in [-0.05, 0) is 119 Å². The van der Waals surface area contributed by atoms with Crippen molar-refractivity contribution in [3.8, 4) is 89.5 Å². The standard InChI is InChI=1S/C62H46N2/c1-61(2)53-29-17-28-51(59(53)52-34-41-22-11-12-23-42(41)35-56(52)61)46-25-14-16-27-50(46)58-38-57(63-60(64-58)40-20-9-6-10-21-40)49-26-15-13-24-45(49)44-31-33-48-47-32-30-43(39-18-7-5-8-19-39)36-54(47)62(3,4)55(48)37-44/h5-38H,1-4H3. The first-order valence-corrected chi connectivity index (χ1v) is 22.4. The molecular weight excluding hydrogens is 773 g/mol. The van der Waals surface area contributed by atoms with Gasteiger partial charge in [0.15, 0.2) is 5.82 Å². The molecule has 1 aromatic heterocycles. The molecule has 0 N–H and O–H groups in total. The van der Waals surface area contributed by atoms with Crippen LogP contribution < -0.4 is 0 Å². The fourth-order valence-electron chi connectivity index (χ4n) is 10.8. The highest BCUT2D eigenvalue weighted by atomic mass is 14.9. The molecule has 0 radical (unpaired) electrons. The third-order valence-corrected chi connectivity index (χ3v) is 14.1. The van der Waals surface area contributed by atoms with Crippen molar-refractivity contribution in [2.75, 3.05) is 0 Å². The number of benzene rings is 9. The van der Waals surface area contributed by atoms with E-state index in [-0.39, 0.29) is 10.8 Å². The molecule has 0 fully saturated rings. The van der Waals surface area contributed by atoms with Crippen molar-refractivity contribution in [2.24, 2.45) is 0 Å². The Morgan fingerprint density at radius 2 is 0.766 bits per heavy atom. The Kier molecular flexibility index (Phi) is 8.58. The van der Waals surface area contributed by atoms with E-state index in [1.165, 1.54) is 77.5 Å². The number of nitrogens with zero attached hydrogens (tertiary/aromatic N) is 2. The van der Waals surface area contributed by atoms with Gasteiger partial charge in [-0.25, -0.2) is 9.97 Å². The van der Waals surface area contributed by atoms with Crippen molar-refractivity contribution < 1.29 is 0 Å². The second-order valence-electron chi connectivity index (χ2n) is 18.5. The minimum Gasteiger partial charge on any atom is -0.228 e. The van der Waals surface area contributed by atoms with Crippen LogP contribution in [0.1, 0.15) is 49.9 Å². The SMILES string of the molecule is CC1(C)c2cc(-c3ccccc3)ccc2-c2ccc(-c3ccccc3-c3cc(-c4ccccc4-c4cccc5c4-c4cc6ccccc6cc4C5(C)C)nc(-c4ccccc4)n3)cc21. The highest BCUT2D eigenvalue weighted by Gasteiger charge is 2.38. The van der Waals surface area contributed by atoms with Gasteiger partial charge in [0.1, 0.15) is 0 Å². The van der Waals surface area contributed by atoms with Gasteiger partial charge in [-0.3, -0.25) is 0 Å². The van der Waals surface area contributed by atoms with Crippen molar-refractivity contribution in [1.82, 2.24) is 9.97 Å². The summed E-state index contributed by atoms with van der Waals surface area (Å²) in [5.41, 5.74) is 22.4. The van der Waals surface area contributed by atoms with E-state index in [1.807, 2.05) is 6.07 Å². The highest BCUT2D eigenvalue weighted by Crippen LogP contribution is 2.55. The minimum absolute atomic E-state index is 0.146. The summed E-state index contributed by atoms with van der Waals surface area (Å²) >= 11 is 0. The van der Waals surface area contributed by atoms with Crippen LogP contribution in [0.5, 0.6) is 0 Å². The summed E-state index contributed by atoms with van der Waals surface area (Å²) < 4.78 is 0. The zero-order valence-corrected chi connectivity index (χ0v) is 36.5. The summed E-state index contributed by atoms with van der Waals surface area (Å²) in [4.78, 5) is 10.8. The molecule has 2 nitrogen and oxygen atoms in total. The van der Waals surface area contributed by atoms with Gasteiger partial charge in [0.25, 0.3) is 0 Å². The summed E-state index contributed by atoms with van der Waals surface area (Å²) in [5.74, 6) is 0.703. The van der Waals surface area contributed by atoms with Gasteiger partial charge in [-0.2, -0.15) is 0 Å². The Morgan fingerprint density at radius 1 is 0.281 bits per heavy atom. The average Bonchev–Trinajstić information content (AvgIpc) is 3.71. The molecule has 0 bridgehead atoms. The van der Waals surface area contributed by atoms with Crippen molar-refractivity contribution in [3.63, 3.8) is 0 Å². The van der Waals surface area contributed by atoms with Crippen LogP contribution in [0.15, 0.2) is 206 Å². The van der Waals surface area contributed by atoms with E-state index in [0.29, 0.717) is 5.82 Å². The maximum absolute atomic E-state index is 5.40. The Hall–Kier alpha value is -7.68. The zero-order chi connectivity index (χ0) is 43.2. The van der Waals surface area contributed by atoms with Gasteiger partial charge >= 0.3 is 0 Å². The first-order valence-electron chi connectivity index (χ1n) is 22.4. The Balaban J connectivity index is 1.01. The van der Waals surface area contributed by atoms with Crippen LogP contribution in [-0.2, 0) is 10.8 Å². The Morgan fingerprint density at radius 3 is 1.44 bits per heavy atom. The summed E-state index contributed by atoms with van der Waals surface area (Å²) in [6, 6.07) is 75.2. The van der Waals surface area contributed by atoms with Crippen molar-refractivity contribution in [3.05, 3.63) is 229 Å². The summed E-state index contributed by atoms with van der Waals surface area (Å²) in [7, 11) is 0. The maximum Gasteiger partial charge on any atom is 0.160 e. The molecule has 1 heterocycles. The van der Waals surface area contributed by atoms with Crippen LogP contribution in [-0.4, -0.2) is 9.97 Å². The molecule has 0 saturated carbocycles. The number of rotatable bonds is 6. The van der Waals surface area contributed by atoms with E-state index in [9.17, 15) is 0 Å². The molecule has 2 aliphatic carbocycles. The van der Waals surface area contributed by atoms with Gasteiger partial charge in [0, 0.05) is 27.5 Å². The molecule has 2 aliphatic rings. The number of aromatic nitrogens is 2. The molecule has 12 rings (SSSR count). The van der Waals surface area contributed by atoms with E-state index < -0.39 is 0 Å². The molecule has 0 amide bonds. The molecule has 0 aliphatic heterocycles. The molecule has 0 atom stereocenters. The Labute approximate surface area is 375 Å². The van der Waals surface area contributed by atoms with Crippen molar-refractivity contribution >= 4 is 10.8 Å². The lowest BCUT2D eigenvalue weighted by atomic mass is 9.80. The first-order chi connectivity index (χ1) is 31.2. The molecule has 10 aromatic rings. The van der Waals surface area contributed by atoms with Crippen LogP contribution in [0.2, 0.25) is 0 Å². The predicted octanol–water partition coefficient (Wildman–Crippen LogP) is 16.2. The lowest BCUT2D eigenvalue weighted by Gasteiger charge is -2.23. The topological polar surface area (TPSA) is 25.8 Å². The van der Waals surface area contributed by atoms with Gasteiger partial charge in [-0.1, -0.05) is 204 Å². The summed E-state index contributed by atoms with van der Waals surface area (Å²) in [6.07, 6.45) is 0. The predicted molar refractivity (Wildman–Crippen MR) is 267 cm³/mol. The third-order valence-electron chi connectivity index (χ3n) is 14.1. The van der Waals surface area contributed by atoms with Crippen LogP contribution in [0.4, 0.5) is 0 Å². The molecule has 304 valence electrons. The molecule has 0 saturated heterocycles. The number of fused-ring (bicyclic) bond motifs is 7. The molecule has 0 spiro atoms. The highest BCUT2D eigenvalue weighted by molar-refractivity contribution is 6.01. The zero-order valence-electron chi connectivity index (χ0n) is 36.5. The second-order valence-corrected chi connectivity index (χ2v) is 18.5. The van der Waals surface area contributed by atoms with Gasteiger partial charge in [0.05, 0.1) is 11.4 Å². The van der Waals surface area contributed by atoms with Crippen LogP contribution in [0.25, 0.3) is 100 Å². The quantitative estimate of drug-likeness (QED) is 0.167. The first kappa shape index (κ1) is 38.0. The molecular formula is C62H46N2. The van der Waals surface area contributed by atoms with Crippen LogP contribution in [0, 0.1) is 0 Å². The largest absolute Gasteiger partial charge is 0.228 e. The van der Waals surface area contributed by atoms with Gasteiger partial charge < -0.3 is 0 Å². The lowest BCUT2D eigenvalue weighted by Crippen LogP contribution is -2.15. The van der Waals surface area contributed by atoms with E-state index in [0.717, 1.165) is 39.2 Å².